The summed E-state index contributed by atoms with van der Waals surface area (Å²) in [6, 6.07) is 5.82. The lowest BCUT2D eigenvalue weighted by molar-refractivity contribution is -0.120. The van der Waals surface area contributed by atoms with Crippen molar-refractivity contribution in [3.63, 3.8) is 0 Å². The van der Waals surface area contributed by atoms with Crippen LogP contribution >= 0.6 is 15.9 Å². The minimum atomic E-state index is -0.0464. The number of hydrogen-bond donors (Lipinski definition) is 0. The Morgan fingerprint density at radius 3 is 2.75 bits per heavy atom. The molecule has 0 atom stereocenters. The van der Waals surface area contributed by atoms with E-state index in [1.54, 1.807) is 11.9 Å². The van der Waals surface area contributed by atoms with E-state index in [1.807, 2.05) is 36.7 Å². The lowest BCUT2D eigenvalue weighted by Gasteiger charge is -2.26. The number of amides is 1. The van der Waals surface area contributed by atoms with Gasteiger partial charge in [0.2, 0.25) is 0 Å². The highest BCUT2D eigenvalue weighted by molar-refractivity contribution is 9.10. The Morgan fingerprint density at radius 1 is 1.35 bits per heavy atom. The number of benzene rings is 1. The maximum absolute atomic E-state index is 11.7. The molecule has 1 aliphatic heterocycles. The van der Waals surface area contributed by atoms with Crippen LogP contribution in [0.4, 0.5) is 5.69 Å². The zero-order valence-electron chi connectivity index (χ0n) is 11.5. The molecule has 3 rings (SSSR count). The SMILES string of the molecule is Cc1nc(Br)c(-c2ccc3c(c2)N(C)C(=O)CO3)n1C. The summed E-state index contributed by atoms with van der Waals surface area (Å²) in [5.41, 5.74) is 2.75. The van der Waals surface area contributed by atoms with Gasteiger partial charge in [-0.15, -0.1) is 0 Å². The summed E-state index contributed by atoms with van der Waals surface area (Å²) in [6.45, 7) is 2.04. The van der Waals surface area contributed by atoms with Crippen LogP contribution in [0.15, 0.2) is 22.8 Å². The van der Waals surface area contributed by atoms with Gasteiger partial charge in [0.1, 0.15) is 16.2 Å². The minimum absolute atomic E-state index is 0.0464. The molecule has 1 aromatic heterocycles. The number of nitrogens with zero attached hydrogens (tertiary/aromatic N) is 3. The number of rotatable bonds is 1. The molecule has 1 amide bonds. The molecule has 20 heavy (non-hydrogen) atoms. The van der Waals surface area contributed by atoms with Crippen LogP contribution in [-0.2, 0) is 11.8 Å². The molecule has 0 fully saturated rings. The first-order valence-electron chi connectivity index (χ1n) is 6.21. The normalized spacial score (nSPS) is 14.2. The smallest absolute Gasteiger partial charge is 0.264 e. The number of anilines is 1. The molecule has 0 N–H and O–H groups in total. The maximum atomic E-state index is 11.7. The second kappa shape index (κ2) is 4.63. The zero-order valence-corrected chi connectivity index (χ0v) is 13.1. The predicted molar refractivity (Wildman–Crippen MR) is 80.0 cm³/mol. The van der Waals surface area contributed by atoms with Crippen LogP contribution < -0.4 is 9.64 Å². The number of carbonyl (C=O) groups is 1. The molecule has 1 aliphatic rings. The van der Waals surface area contributed by atoms with Crippen molar-refractivity contribution in [2.24, 2.45) is 7.05 Å². The topological polar surface area (TPSA) is 47.4 Å². The van der Waals surface area contributed by atoms with Crippen LogP contribution in [0.2, 0.25) is 0 Å². The number of aromatic nitrogens is 2. The number of aryl methyl sites for hydroxylation is 1. The van der Waals surface area contributed by atoms with E-state index in [9.17, 15) is 4.79 Å². The highest BCUT2D eigenvalue weighted by Crippen LogP contribution is 2.37. The summed E-state index contributed by atoms with van der Waals surface area (Å²) in [5.74, 6) is 1.60. The molecule has 0 unspecified atom stereocenters. The van der Waals surface area contributed by atoms with Crippen LogP contribution in [0.3, 0.4) is 0 Å². The van der Waals surface area contributed by atoms with E-state index in [0.29, 0.717) is 0 Å². The standard InChI is InChI=1S/C14H14BrN3O2/c1-8-16-14(15)13(17(8)2)9-4-5-11-10(6-9)18(3)12(19)7-20-11/h4-6H,7H2,1-3H3. The van der Waals surface area contributed by atoms with E-state index in [1.165, 1.54) is 0 Å². The number of hydrogen-bond acceptors (Lipinski definition) is 3. The average molecular weight is 336 g/mol. The van der Waals surface area contributed by atoms with Gasteiger partial charge in [-0.2, -0.15) is 0 Å². The molecule has 0 aliphatic carbocycles. The summed E-state index contributed by atoms with van der Waals surface area (Å²) in [7, 11) is 3.73. The Balaban J connectivity index is 2.15. The van der Waals surface area contributed by atoms with Crippen LogP contribution in [0.25, 0.3) is 11.3 Å². The molecule has 5 nitrogen and oxygen atoms in total. The number of halogens is 1. The molecule has 0 spiro atoms. The van der Waals surface area contributed by atoms with Crippen LogP contribution in [0.1, 0.15) is 5.82 Å². The van der Waals surface area contributed by atoms with Crippen molar-refractivity contribution in [3.05, 3.63) is 28.6 Å². The fourth-order valence-electron chi connectivity index (χ4n) is 2.30. The van der Waals surface area contributed by atoms with Gasteiger partial charge < -0.3 is 14.2 Å². The molecule has 0 saturated heterocycles. The second-order valence-electron chi connectivity index (χ2n) is 4.78. The lowest BCUT2D eigenvalue weighted by Crippen LogP contribution is -2.35. The van der Waals surface area contributed by atoms with E-state index in [4.69, 9.17) is 4.74 Å². The van der Waals surface area contributed by atoms with Gasteiger partial charge in [0.15, 0.2) is 6.61 Å². The fourth-order valence-corrected chi connectivity index (χ4v) is 3.05. The van der Waals surface area contributed by atoms with Gasteiger partial charge in [-0.05, 0) is 41.1 Å². The van der Waals surface area contributed by atoms with Crippen LogP contribution in [0.5, 0.6) is 5.75 Å². The van der Waals surface area contributed by atoms with E-state index in [-0.39, 0.29) is 12.5 Å². The van der Waals surface area contributed by atoms with Crippen molar-refractivity contribution in [1.82, 2.24) is 9.55 Å². The van der Waals surface area contributed by atoms with E-state index >= 15 is 0 Å². The first-order valence-corrected chi connectivity index (χ1v) is 7.01. The zero-order chi connectivity index (χ0) is 14.4. The van der Waals surface area contributed by atoms with Crippen molar-refractivity contribution in [1.29, 1.82) is 0 Å². The van der Waals surface area contributed by atoms with Gasteiger partial charge in [-0.25, -0.2) is 4.98 Å². The van der Waals surface area contributed by atoms with Crippen LogP contribution in [-0.4, -0.2) is 29.1 Å². The Bertz CT molecular complexity index is 709. The Kier molecular flexibility index (Phi) is 3.05. The summed E-state index contributed by atoms with van der Waals surface area (Å²) < 4.78 is 8.24. The molecule has 1 aromatic carbocycles. The van der Waals surface area contributed by atoms with Gasteiger partial charge in [0.05, 0.1) is 11.4 Å². The van der Waals surface area contributed by atoms with Crippen molar-refractivity contribution in [2.75, 3.05) is 18.6 Å². The van der Waals surface area contributed by atoms with Gasteiger partial charge in [0, 0.05) is 19.7 Å². The molecular weight excluding hydrogens is 322 g/mol. The second-order valence-corrected chi connectivity index (χ2v) is 5.53. The van der Waals surface area contributed by atoms with Crippen molar-refractivity contribution in [2.45, 2.75) is 6.92 Å². The number of carbonyl (C=O) groups excluding carboxylic acids is 1. The first kappa shape index (κ1) is 13.2. The fraction of sp³-hybridized carbons (Fsp3) is 0.286. The van der Waals surface area contributed by atoms with Crippen LogP contribution in [0, 0.1) is 6.92 Å². The molecule has 0 saturated carbocycles. The highest BCUT2D eigenvalue weighted by atomic mass is 79.9. The highest BCUT2D eigenvalue weighted by Gasteiger charge is 2.23. The molecule has 0 bridgehead atoms. The van der Waals surface area contributed by atoms with Gasteiger partial charge in [-0.1, -0.05) is 0 Å². The van der Waals surface area contributed by atoms with E-state index < -0.39 is 0 Å². The summed E-state index contributed by atoms with van der Waals surface area (Å²) in [6.07, 6.45) is 0. The number of imidazole rings is 1. The molecule has 0 radical (unpaired) electrons. The van der Waals surface area contributed by atoms with Crippen molar-refractivity contribution >= 4 is 27.5 Å². The number of ether oxygens (including phenoxy) is 1. The first-order chi connectivity index (χ1) is 9.49. The molecule has 104 valence electrons. The van der Waals surface area contributed by atoms with Gasteiger partial charge >= 0.3 is 0 Å². The average Bonchev–Trinajstić information content (AvgIpc) is 2.68. The van der Waals surface area contributed by atoms with E-state index in [2.05, 4.69) is 20.9 Å². The van der Waals surface area contributed by atoms with E-state index in [0.717, 1.165) is 33.1 Å². The van der Waals surface area contributed by atoms with Crippen molar-refractivity contribution < 1.29 is 9.53 Å². The predicted octanol–water partition coefficient (Wildman–Crippen LogP) is 2.51. The van der Waals surface area contributed by atoms with Gasteiger partial charge in [-0.3, -0.25) is 4.79 Å². The third-order valence-electron chi connectivity index (χ3n) is 3.60. The Hall–Kier alpha value is -1.82. The molecule has 2 aromatic rings. The van der Waals surface area contributed by atoms with Gasteiger partial charge in [0.25, 0.3) is 5.91 Å². The molecule has 2 heterocycles. The maximum Gasteiger partial charge on any atom is 0.264 e. The quantitative estimate of drug-likeness (QED) is 0.804. The monoisotopic (exact) mass is 335 g/mol. The number of likely N-dealkylation sites (N-methyl/N-ethyl adjacent to an activating group) is 1. The Morgan fingerprint density at radius 2 is 2.10 bits per heavy atom. The number of fused-ring (bicyclic) bond motifs is 1. The Labute approximate surface area is 125 Å². The molecular formula is C14H14BrN3O2. The third kappa shape index (κ3) is 1.91. The molecule has 6 heteroatoms. The lowest BCUT2D eigenvalue weighted by atomic mass is 10.1. The third-order valence-corrected chi connectivity index (χ3v) is 4.15. The van der Waals surface area contributed by atoms with Crippen molar-refractivity contribution in [3.8, 4) is 17.0 Å². The largest absolute Gasteiger partial charge is 0.482 e. The summed E-state index contributed by atoms with van der Waals surface area (Å²) in [4.78, 5) is 17.7. The summed E-state index contributed by atoms with van der Waals surface area (Å²) >= 11 is 3.48. The minimum Gasteiger partial charge on any atom is -0.482 e. The summed E-state index contributed by atoms with van der Waals surface area (Å²) in [5, 5.41) is 0.